The first-order valence-electron chi connectivity index (χ1n) is 8.16. The van der Waals surface area contributed by atoms with E-state index in [-0.39, 0.29) is 13.2 Å². The van der Waals surface area contributed by atoms with Gasteiger partial charge in [-0.1, -0.05) is 0 Å². The Labute approximate surface area is 159 Å². The average Bonchev–Trinajstić information content (AvgIpc) is 3.11. The molecule has 0 amide bonds. The van der Waals surface area contributed by atoms with Gasteiger partial charge in [0, 0.05) is 22.7 Å². The number of fused-ring (bicyclic) bond motifs is 1. The maximum Gasteiger partial charge on any atom is 0.341 e. The fraction of sp³-hybridized carbons (Fsp3) is 0.211. The second kappa shape index (κ2) is 8.05. The van der Waals surface area contributed by atoms with Crippen molar-refractivity contribution in [3.63, 3.8) is 0 Å². The molecule has 3 aromatic rings. The lowest BCUT2D eigenvalue weighted by Gasteiger charge is -2.11. The fourth-order valence-corrected chi connectivity index (χ4v) is 3.69. The van der Waals surface area contributed by atoms with Gasteiger partial charge in [-0.3, -0.25) is 4.79 Å². The number of pyridine rings is 1. The first-order chi connectivity index (χ1) is 13.1. The van der Waals surface area contributed by atoms with Crippen molar-refractivity contribution in [3.8, 4) is 11.5 Å². The number of hydrogen-bond acceptors (Lipinski definition) is 8. The molecule has 0 bridgehead atoms. The van der Waals surface area contributed by atoms with Crippen molar-refractivity contribution in [2.45, 2.75) is 13.5 Å². The number of aromatic nitrogens is 1. The van der Waals surface area contributed by atoms with Crippen LogP contribution in [0.2, 0.25) is 0 Å². The van der Waals surface area contributed by atoms with Gasteiger partial charge < -0.3 is 19.9 Å². The molecule has 3 rings (SSSR count). The van der Waals surface area contributed by atoms with E-state index in [1.54, 1.807) is 25.1 Å². The van der Waals surface area contributed by atoms with E-state index in [4.69, 9.17) is 19.9 Å². The number of esters is 1. The third kappa shape index (κ3) is 3.70. The Morgan fingerprint density at radius 1 is 1.33 bits per heavy atom. The number of hydrogen-bond donors (Lipinski definition) is 1. The summed E-state index contributed by atoms with van der Waals surface area (Å²) in [4.78, 5) is 27.3. The van der Waals surface area contributed by atoms with E-state index in [1.165, 1.54) is 24.6 Å². The first kappa shape index (κ1) is 18.7. The summed E-state index contributed by atoms with van der Waals surface area (Å²) in [6.07, 6.45) is 2.16. The fourth-order valence-electron chi connectivity index (χ4n) is 2.63. The van der Waals surface area contributed by atoms with Gasteiger partial charge in [-0.15, -0.1) is 11.3 Å². The van der Waals surface area contributed by atoms with E-state index in [2.05, 4.69) is 4.98 Å². The topological polar surface area (TPSA) is 101 Å². The number of methoxy groups -OCH3 is 1. The van der Waals surface area contributed by atoms with Crippen LogP contribution in [-0.2, 0) is 11.3 Å². The molecule has 2 N–H and O–H groups in total. The Bertz CT molecular complexity index is 999. The maximum atomic E-state index is 12.1. The van der Waals surface area contributed by atoms with E-state index in [0.29, 0.717) is 38.5 Å². The Kier molecular flexibility index (Phi) is 5.56. The minimum atomic E-state index is -0.440. The lowest BCUT2D eigenvalue weighted by atomic mass is 10.1. The van der Waals surface area contributed by atoms with E-state index >= 15 is 0 Å². The number of ether oxygens (including phenoxy) is 3. The summed E-state index contributed by atoms with van der Waals surface area (Å²) in [5.74, 6) is 0.823. The monoisotopic (exact) mass is 386 g/mol. The number of carbonyl (C=O) groups excluding carboxylic acids is 2. The highest BCUT2D eigenvalue weighted by molar-refractivity contribution is 7.17. The molecular formula is C19H18N2O5S. The molecule has 0 unspecified atom stereocenters. The minimum Gasteiger partial charge on any atom is -0.493 e. The molecule has 2 heterocycles. The number of aldehydes is 1. The number of thiophene rings is 1. The van der Waals surface area contributed by atoms with E-state index < -0.39 is 5.97 Å². The van der Waals surface area contributed by atoms with Gasteiger partial charge in [0.2, 0.25) is 0 Å². The summed E-state index contributed by atoms with van der Waals surface area (Å²) in [6.45, 7) is 2.20. The SMILES string of the molecule is CCOC(=O)c1cnc(N)c2c(COc3cc(C=O)ccc3OC)csc12. The van der Waals surface area contributed by atoms with Crippen LogP contribution in [0.25, 0.3) is 10.1 Å². The molecule has 1 aromatic carbocycles. The third-order valence-corrected chi connectivity index (χ3v) is 4.97. The van der Waals surface area contributed by atoms with Crippen molar-refractivity contribution in [1.82, 2.24) is 4.98 Å². The number of nitrogen functional groups attached to an aromatic ring is 1. The van der Waals surface area contributed by atoms with Crippen LogP contribution in [0.3, 0.4) is 0 Å². The van der Waals surface area contributed by atoms with Gasteiger partial charge in [-0.05, 0) is 30.5 Å². The lowest BCUT2D eigenvalue weighted by molar-refractivity contribution is 0.0528. The zero-order valence-corrected chi connectivity index (χ0v) is 15.7. The zero-order valence-electron chi connectivity index (χ0n) is 14.9. The van der Waals surface area contributed by atoms with Gasteiger partial charge in [-0.25, -0.2) is 9.78 Å². The average molecular weight is 386 g/mol. The van der Waals surface area contributed by atoms with Gasteiger partial charge in [0.15, 0.2) is 11.5 Å². The van der Waals surface area contributed by atoms with Crippen molar-refractivity contribution < 1.29 is 23.8 Å². The lowest BCUT2D eigenvalue weighted by Crippen LogP contribution is -2.07. The summed E-state index contributed by atoms with van der Waals surface area (Å²) in [5.41, 5.74) is 7.67. The Morgan fingerprint density at radius 3 is 2.85 bits per heavy atom. The standard InChI is InChI=1S/C19H18N2O5S/c1-3-25-19(23)13-7-21-18(20)16-12(10-27-17(13)16)9-26-15-6-11(8-22)4-5-14(15)24-2/h4-8,10H,3,9H2,1-2H3,(H2,20,21). The summed E-state index contributed by atoms with van der Waals surface area (Å²) in [7, 11) is 1.52. The quantitative estimate of drug-likeness (QED) is 0.490. The Morgan fingerprint density at radius 2 is 2.15 bits per heavy atom. The molecule has 7 nitrogen and oxygen atoms in total. The van der Waals surface area contributed by atoms with E-state index in [9.17, 15) is 9.59 Å². The summed E-state index contributed by atoms with van der Waals surface area (Å²) in [6, 6.07) is 4.91. The summed E-state index contributed by atoms with van der Waals surface area (Å²) < 4.78 is 16.9. The van der Waals surface area contributed by atoms with Crippen molar-refractivity contribution in [3.05, 3.63) is 46.5 Å². The van der Waals surface area contributed by atoms with Crippen LogP contribution in [0, 0.1) is 0 Å². The van der Waals surface area contributed by atoms with Crippen LogP contribution in [0.1, 0.15) is 33.2 Å². The molecule has 0 fully saturated rings. The van der Waals surface area contributed by atoms with E-state index in [1.807, 2.05) is 5.38 Å². The van der Waals surface area contributed by atoms with Gasteiger partial charge in [0.05, 0.1) is 24.0 Å². The highest BCUT2D eigenvalue weighted by Crippen LogP contribution is 2.35. The summed E-state index contributed by atoms with van der Waals surface area (Å²) >= 11 is 1.37. The van der Waals surface area contributed by atoms with Crippen molar-refractivity contribution >= 4 is 39.5 Å². The molecule has 2 aromatic heterocycles. The van der Waals surface area contributed by atoms with Crippen LogP contribution in [0.5, 0.6) is 11.5 Å². The molecule has 0 saturated heterocycles. The van der Waals surface area contributed by atoms with Crippen LogP contribution >= 0.6 is 11.3 Å². The number of nitrogens with two attached hydrogens (primary N) is 1. The highest BCUT2D eigenvalue weighted by Gasteiger charge is 2.18. The molecule has 0 aliphatic rings. The zero-order chi connectivity index (χ0) is 19.4. The second-order valence-electron chi connectivity index (χ2n) is 5.56. The Balaban J connectivity index is 1.94. The highest BCUT2D eigenvalue weighted by atomic mass is 32.1. The first-order valence-corrected chi connectivity index (χ1v) is 9.04. The van der Waals surface area contributed by atoms with Crippen molar-refractivity contribution in [2.75, 3.05) is 19.5 Å². The number of nitrogens with zero attached hydrogens (tertiary/aromatic N) is 1. The normalized spacial score (nSPS) is 10.6. The summed E-state index contributed by atoms with van der Waals surface area (Å²) in [5, 5.41) is 2.53. The second-order valence-corrected chi connectivity index (χ2v) is 6.44. The molecule has 0 radical (unpaired) electrons. The molecule has 0 atom stereocenters. The molecule has 8 heteroatoms. The number of carbonyl (C=O) groups is 2. The molecular weight excluding hydrogens is 368 g/mol. The predicted molar refractivity (Wildman–Crippen MR) is 103 cm³/mol. The number of anilines is 1. The van der Waals surface area contributed by atoms with Gasteiger partial charge in [0.25, 0.3) is 0 Å². The molecule has 27 heavy (non-hydrogen) atoms. The largest absolute Gasteiger partial charge is 0.493 e. The molecule has 140 valence electrons. The Hall–Kier alpha value is -3.13. The molecule has 0 saturated carbocycles. The molecule has 0 aliphatic carbocycles. The van der Waals surface area contributed by atoms with Crippen LogP contribution in [-0.4, -0.2) is 31.0 Å². The van der Waals surface area contributed by atoms with Gasteiger partial charge in [0.1, 0.15) is 18.7 Å². The minimum absolute atomic E-state index is 0.177. The number of rotatable bonds is 7. The van der Waals surface area contributed by atoms with Crippen molar-refractivity contribution in [2.24, 2.45) is 0 Å². The van der Waals surface area contributed by atoms with Crippen LogP contribution < -0.4 is 15.2 Å². The molecule has 0 aliphatic heterocycles. The van der Waals surface area contributed by atoms with Gasteiger partial charge >= 0.3 is 5.97 Å². The molecule has 0 spiro atoms. The van der Waals surface area contributed by atoms with E-state index in [0.717, 1.165) is 11.8 Å². The van der Waals surface area contributed by atoms with Gasteiger partial charge in [-0.2, -0.15) is 0 Å². The van der Waals surface area contributed by atoms with Crippen LogP contribution in [0.4, 0.5) is 5.82 Å². The smallest absolute Gasteiger partial charge is 0.341 e. The third-order valence-electron chi connectivity index (χ3n) is 3.90. The van der Waals surface area contributed by atoms with Crippen LogP contribution in [0.15, 0.2) is 29.8 Å². The predicted octanol–water partition coefficient (Wildman–Crippen LogP) is 3.46. The number of benzene rings is 1. The van der Waals surface area contributed by atoms with Crippen molar-refractivity contribution in [1.29, 1.82) is 0 Å². The maximum absolute atomic E-state index is 12.1.